The summed E-state index contributed by atoms with van der Waals surface area (Å²) in [5.74, 6) is 0.632. The number of aromatic amines is 1. The molecule has 0 fully saturated rings. The molecule has 2 heterocycles. The van der Waals surface area contributed by atoms with Gasteiger partial charge in [-0.15, -0.1) is 0 Å². The number of methoxy groups -OCH3 is 1. The number of ether oxygens (including phenoxy) is 1. The zero-order valence-electron chi connectivity index (χ0n) is 21.8. The molecule has 1 amide bonds. The van der Waals surface area contributed by atoms with E-state index in [1.807, 2.05) is 64.5 Å². The van der Waals surface area contributed by atoms with Crippen molar-refractivity contribution in [1.82, 2.24) is 19.9 Å². The topological polar surface area (TPSA) is 133 Å². The van der Waals surface area contributed by atoms with E-state index in [0.29, 0.717) is 34.5 Å². The van der Waals surface area contributed by atoms with Gasteiger partial charge < -0.3 is 36.3 Å². The summed E-state index contributed by atoms with van der Waals surface area (Å²) in [7, 11) is 5.63. The van der Waals surface area contributed by atoms with Crippen LogP contribution in [0.1, 0.15) is 13.8 Å². The Bertz CT molecular complexity index is 1400. The predicted octanol–water partition coefficient (Wildman–Crippen LogP) is 4.53. The van der Waals surface area contributed by atoms with Crippen LogP contribution in [0.25, 0.3) is 22.2 Å². The highest BCUT2D eigenvalue weighted by Crippen LogP contribution is 2.36. The smallest absolute Gasteiger partial charge is 0.227 e. The molecule has 10 nitrogen and oxygen atoms in total. The fourth-order valence-electron chi connectivity index (χ4n) is 3.83. The molecule has 0 radical (unpaired) electrons. The van der Waals surface area contributed by atoms with E-state index in [1.54, 1.807) is 19.4 Å². The number of carbonyl (C=O) groups excluding carboxylic acids is 1. The van der Waals surface area contributed by atoms with E-state index in [2.05, 4.69) is 30.8 Å². The van der Waals surface area contributed by atoms with Gasteiger partial charge in [0.1, 0.15) is 11.4 Å². The molecule has 0 atom stereocenters. The van der Waals surface area contributed by atoms with E-state index < -0.39 is 0 Å². The number of nitrogens with two attached hydrogens (primary N) is 1. The molecule has 0 spiro atoms. The standard InChI is InChI=1S/C27H34N8O2/c1-16(2)26(36)32-23-15-31-27(34-25(23)18-14-30-20-9-7-6-8-17(18)20)33-22-12-19(28)21(13-24(22)37-5)29-10-11-35(3)4/h6-9,12-16,29-30H,10-11,28H2,1-5H3,(H,32,36)(H,31,33,34). The van der Waals surface area contributed by atoms with Crippen molar-refractivity contribution < 1.29 is 9.53 Å². The number of nitrogen functional groups attached to an aromatic ring is 1. The molecule has 2 aromatic carbocycles. The van der Waals surface area contributed by atoms with Crippen LogP contribution in [0.5, 0.6) is 5.75 Å². The van der Waals surface area contributed by atoms with Gasteiger partial charge >= 0.3 is 0 Å². The predicted molar refractivity (Wildman–Crippen MR) is 151 cm³/mol. The number of nitrogens with zero attached hydrogens (tertiary/aromatic N) is 3. The third-order valence-electron chi connectivity index (χ3n) is 5.91. The van der Waals surface area contributed by atoms with Gasteiger partial charge in [-0.2, -0.15) is 0 Å². The highest BCUT2D eigenvalue weighted by atomic mass is 16.5. The number of nitrogens with one attached hydrogen (secondary N) is 4. The summed E-state index contributed by atoms with van der Waals surface area (Å²) in [5.41, 5.74) is 11.3. The molecule has 0 bridgehead atoms. The van der Waals surface area contributed by atoms with Gasteiger partial charge in [0.05, 0.1) is 36.1 Å². The molecule has 4 aromatic rings. The molecule has 0 saturated heterocycles. The highest BCUT2D eigenvalue weighted by Gasteiger charge is 2.18. The van der Waals surface area contributed by atoms with Crippen LogP contribution in [0.4, 0.5) is 28.7 Å². The van der Waals surface area contributed by atoms with Crippen molar-refractivity contribution in [3.05, 3.63) is 48.8 Å². The quantitative estimate of drug-likeness (QED) is 0.200. The van der Waals surface area contributed by atoms with Gasteiger partial charge in [0, 0.05) is 47.7 Å². The number of likely N-dealkylation sites (N-methyl/N-ethyl adjacent to an activating group) is 1. The van der Waals surface area contributed by atoms with E-state index in [9.17, 15) is 4.79 Å². The number of amides is 1. The minimum atomic E-state index is -0.189. The summed E-state index contributed by atoms with van der Waals surface area (Å²) >= 11 is 0. The number of aromatic nitrogens is 3. The van der Waals surface area contributed by atoms with Crippen LogP contribution in [-0.4, -0.2) is 60.1 Å². The van der Waals surface area contributed by atoms with Crippen molar-refractivity contribution in [3.63, 3.8) is 0 Å². The van der Waals surface area contributed by atoms with Crippen molar-refractivity contribution in [2.45, 2.75) is 13.8 Å². The molecule has 6 N–H and O–H groups in total. The maximum Gasteiger partial charge on any atom is 0.227 e. The number of para-hydroxylation sites is 1. The van der Waals surface area contributed by atoms with Crippen molar-refractivity contribution in [1.29, 1.82) is 0 Å². The maximum atomic E-state index is 12.5. The summed E-state index contributed by atoms with van der Waals surface area (Å²) < 4.78 is 5.62. The molecule has 194 valence electrons. The fraction of sp³-hybridized carbons (Fsp3) is 0.296. The normalized spacial score (nSPS) is 11.2. The first-order valence-electron chi connectivity index (χ1n) is 12.1. The second-order valence-corrected chi connectivity index (χ2v) is 9.34. The Balaban J connectivity index is 1.70. The minimum absolute atomic E-state index is 0.114. The average Bonchev–Trinajstić information content (AvgIpc) is 3.30. The first-order chi connectivity index (χ1) is 17.8. The molecule has 0 aliphatic carbocycles. The number of benzene rings is 2. The summed E-state index contributed by atoms with van der Waals surface area (Å²) in [6, 6.07) is 11.6. The van der Waals surface area contributed by atoms with Crippen LogP contribution in [0.2, 0.25) is 0 Å². The Morgan fingerprint density at radius 3 is 2.68 bits per heavy atom. The first-order valence-corrected chi connectivity index (χ1v) is 12.1. The van der Waals surface area contributed by atoms with Crippen molar-refractivity contribution in [2.24, 2.45) is 5.92 Å². The maximum absolute atomic E-state index is 12.5. The molecule has 0 unspecified atom stereocenters. The monoisotopic (exact) mass is 502 g/mol. The van der Waals surface area contributed by atoms with Crippen LogP contribution < -0.4 is 26.4 Å². The van der Waals surface area contributed by atoms with Crippen LogP contribution in [-0.2, 0) is 4.79 Å². The van der Waals surface area contributed by atoms with Gasteiger partial charge in [0.15, 0.2) is 0 Å². The number of anilines is 5. The van der Waals surface area contributed by atoms with E-state index in [1.165, 1.54) is 0 Å². The largest absolute Gasteiger partial charge is 0.494 e. The van der Waals surface area contributed by atoms with E-state index in [-0.39, 0.29) is 11.8 Å². The molecule has 2 aromatic heterocycles. The minimum Gasteiger partial charge on any atom is -0.494 e. The third kappa shape index (κ3) is 5.92. The van der Waals surface area contributed by atoms with Gasteiger partial charge in [0.2, 0.25) is 11.9 Å². The molecule has 0 aliphatic rings. The number of hydrogen-bond acceptors (Lipinski definition) is 8. The van der Waals surface area contributed by atoms with Gasteiger partial charge in [-0.1, -0.05) is 32.0 Å². The van der Waals surface area contributed by atoms with Crippen molar-refractivity contribution >= 4 is 45.5 Å². The molecule has 10 heteroatoms. The third-order valence-corrected chi connectivity index (χ3v) is 5.91. The molecule has 4 rings (SSSR count). The van der Waals surface area contributed by atoms with Crippen molar-refractivity contribution in [3.8, 4) is 17.0 Å². The Morgan fingerprint density at radius 1 is 1.16 bits per heavy atom. The SMILES string of the molecule is COc1cc(NCCN(C)C)c(N)cc1Nc1ncc(NC(=O)C(C)C)c(-c2c[nH]c3ccccc23)n1. The number of H-pyrrole nitrogens is 1. The van der Waals surface area contributed by atoms with Crippen LogP contribution >= 0.6 is 0 Å². The molecule has 37 heavy (non-hydrogen) atoms. The lowest BCUT2D eigenvalue weighted by atomic mass is 10.1. The first kappa shape index (κ1) is 25.8. The van der Waals surface area contributed by atoms with Gasteiger partial charge in [-0.05, 0) is 26.2 Å². The van der Waals surface area contributed by atoms with Crippen molar-refractivity contribution in [2.75, 3.05) is 56.0 Å². The average molecular weight is 503 g/mol. The highest BCUT2D eigenvalue weighted by molar-refractivity contribution is 6.01. The lowest BCUT2D eigenvalue weighted by Gasteiger charge is -2.17. The zero-order valence-corrected chi connectivity index (χ0v) is 21.8. The summed E-state index contributed by atoms with van der Waals surface area (Å²) in [6.45, 7) is 5.29. The Kier molecular flexibility index (Phi) is 7.78. The Morgan fingerprint density at radius 2 is 1.95 bits per heavy atom. The number of hydrogen-bond donors (Lipinski definition) is 5. The Labute approximate surface area is 216 Å². The molecule has 0 saturated carbocycles. The van der Waals surface area contributed by atoms with Gasteiger partial charge in [-0.3, -0.25) is 4.79 Å². The van der Waals surface area contributed by atoms with E-state index in [0.717, 1.165) is 35.2 Å². The zero-order chi connectivity index (χ0) is 26.5. The molecular weight excluding hydrogens is 468 g/mol. The van der Waals surface area contributed by atoms with E-state index in [4.69, 9.17) is 15.5 Å². The second-order valence-electron chi connectivity index (χ2n) is 9.34. The number of rotatable bonds is 10. The van der Waals surface area contributed by atoms with Gasteiger partial charge in [-0.25, -0.2) is 9.97 Å². The van der Waals surface area contributed by atoms with Gasteiger partial charge in [0.25, 0.3) is 0 Å². The van der Waals surface area contributed by atoms with E-state index >= 15 is 0 Å². The number of carbonyl (C=O) groups is 1. The molecular formula is C27H34N8O2. The second kappa shape index (κ2) is 11.2. The number of fused-ring (bicyclic) bond motifs is 1. The van der Waals surface area contributed by atoms with Crippen LogP contribution in [0.15, 0.2) is 48.8 Å². The molecule has 0 aliphatic heterocycles. The Hall–Kier alpha value is -4.31. The lowest BCUT2D eigenvalue weighted by molar-refractivity contribution is -0.118. The lowest BCUT2D eigenvalue weighted by Crippen LogP contribution is -2.21. The summed E-state index contributed by atoms with van der Waals surface area (Å²) in [4.78, 5) is 27.1. The van der Waals surface area contributed by atoms with Crippen LogP contribution in [0.3, 0.4) is 0 Å². The van der Waals surface area contributed by atoms with Crippen LogP contribution in [0, 0.1) is 5.92 Å². The summed E-state index contributed by atoms with van der Waals surface area (Å²) in [5, 5.41) is 10.5. The summed E-state index contributed by atoms with van der Waals surface area (Å²) in [6.07, 6.45) is 3.49. The fourth-order valence-corrected chi connectivity index (χ4v) is 3.83.